The first kappa shape index (κ1) is 22.4. The molecular weight excluding hydrogens is 455 g/mol. The van der Waals surface area contributed by atoms with E-state index in [4.69, 9.17) is 16.3 Å². The summed E-state index contributed by atoms with van der Waals surface area (Å²) in [7, 11) is 1.75. The Labute approximate surface area is 192 Å². The first-order chi connectivity index (χ1) is 15.7. The van der Waals surface area contributed by atoms with Gasteiger partial charge in [-0.3, -0.25) is 4.79 Å². The summed E-state index contributed by atoms with van der Waals surface area (Å²) < 4.78 is 45.2. The average molecular weight is 472 g/mol. The molecule has 33 heavy (non-hydrogen) atoms. The number of anilines is 2. The van der Waals surface area contributed by atoms with Crippen LogP contribution in [-0.4, -0.2) is 17.9 Å². The number of ether oxygens (including phenoxy) is 1. The monoisotopic (exact) mass is 471 g/mol. The van der Waals surface area contributed by atoms with Gasteiger partial charge in [0.25, 0.3) is 5.91 Å². The molecule has 0 spiro atoms. The second-order valence-electron chi connectivity index (χ2n) is 7.06. The molecular formula is C24H17ClF3N3O2. The summed E-state index contributed by atoms with van der Waals surface area (Å²) in [5.41, 5.74) is -0.713. The van der Waals surface area contributed by atoms with Crippen molar-refractivity contribution in [3.05, 3.63) is 89.1 Å². The Hall–Kier alpha value is -3.78. The van der Waals surface area contributed by atoms with Gasteiger partial charge in [-0.2, -0.15) is 13.2 Å². The molecule has 4 rings (SSSR count). The summed E-state index contributed by atoms with van der Waals surface area (Å²) in [6.45, 7) is 0. The predicted octanol–water partition coefficient (Wildman–Crippen LogP) is 6.99. The van der Waals surface area contributed by atoms with Gasteiger partial charge in [-0.25, -0.2) is 4.98 Å². The number of nitrogens with one attached hydrogen (secondary N) is 2. The van der Waals surface area contributed by atoms with Gasteiger partial charge in [-0.15, -0.1) is 0 Å². The molecule has 0 aliphatic carbocycles. The molecule has 0 saturated heterocycles. The summed E-state index contributed by atoms with van der Waals surface area (Å²) in [6.07, 6.45) is -3.01. The highest BCUT2D eigenvalue weighted by Crippen LogP contribution is 2.36. The Kier molecular flexibility index (Phi) is 6.11. The van der Waals surface area contributed by atoms with E-state index in [0.29, 0.717) is 28.3 Å². The van der Waals surface area contributed by atoms with Crippen molar-refractivity contribution in [3.63, 3.8) is 0 Å². The molecule has 1 heterocycles. The van der Waals surface area contributed by atoms with Gasteiger partial charge in [0.05, 0.1) is 10.6 Å². The first-order valence-corrected chi connectivity index (χ1v) is 10.1. The molecule has 5 nitrogen and oxygen atoms in total. The number of carbonyl (C=O) groups is 1. The van der Waals surface area contributed by atoms with Crippen molar-refractivity contribution < 1.29 is 22.7 Å². The number of hydrogen-bond acceptors (Lipinski definition) is 4. The number of nitrogens with zero attached hydrogens (tertiary/aromatic N) is 1. The number of halogens is 4. The molecule has 9 heteroatoms. The van der Waals surface area contributed by atoms with Crippen LogP contribution in [0.3, 0.4) is 0 Å². The number of benzene rings is 3. The highest BCUT2D eigenvalue weighted by molar-refractivity contribution is 6.31. The van der Waals surface area contributed by atoms with Crippen LogP contribution in [0.5, 0.6) is 11.5 Å². The van der Waals surface area contributed by atoms with E-state index in [0.717, 1.165) is 17.5 Å². The molecule has 0 aliphatic rings. The lowest BCUT2D eigenvalue weighted by atomic mass is 10.0. The Morgan fingerprint density at radius 2 is 1.79 bits per heavy atom. The van der Waals surface area contributed by atoms with Gasteiger partial charge in [0.15, 0.2) is 0 Å². The number of aromatic nitrogens is 1. The van der Waals surface area contributed by atoms with Gasteiger partial charge in [-0.05, 0) is 59.3 Å². The van der Waals surface area contributed by atoms with Gasteiger partial charge >= 0.3 is 6.18 Å². The fourth-order valence-electron chi connectivity index (χ4n) is 3.29. The van der Waals surface area contributed by atoms with E-state index in [2.05, 4.69) is 15.6 Å². The van der Waals surface area contributed by atoms with E-state index in [1.54, 1.807) is 55.7 Å². The standard InChI is InChI=1S/C24H17ClF3N3O2/c1-29-22-13-17(9-10-30-22)33-16-6-7-18-14(11-16)3-2-4-19(18)23(32)31-15-5-8-21(25)20(12-15)24(26,27)28/h2-13H,1H3,(H,29,30)(H,31,32). The molecule has 168 valence electrons. The zero-order valence-electron chi connectivity index (χ0n) is 17.2. The zero-order valence-corrected chi connectivity index (χ0v) is 18.0. The Morgan fingerprint density at radius 1 is 1.00 bits per heavy atom. The quantitative estimate of drug-likeness (QED) is 0.329. The molecule has 3 aromatic carbocycles. The van der Waals surface area contributed by atoms with Crippen LogP contribution in [0.2, 0.25) is 5.02 Å². The van der Waals surface area contributed by atoms with E-state index in [1.807, 2.05) is 6.07 Å². The molecule has 0 fully saturated rings. The van der Waals surface area contributed by atoms with E-state index < -0.39 is 22.7 Å². The van der Waals surface area contributed by atoms with Crippen molar-refractivity contribution in [2.75, 3.05) is 17.7 Å². The van der Waals surface area contributed by atoms with Crippen LogP contribution in [0.15, 0.2) is 72.9 Å². The summed E-state index contributed by atoms with van der Waals surface area (Å²) >= 11 is 5.65. The SMILES string of the molecule is CNc1cc(Oc2ccc3c(C(=O)Nc4ccc(Cl)c(C(F)(F)F)c4)cccc3c2)ccn1. The number of hydrogen-bond donors (Lipinski definition) is 2. The molecule has 0 radical (unpaired) electrons. The molecule has 1 aromatic heterocycles. The third-order valence-corrected chi connectivity index (χ3v) is 5.18. The molecule has 2 N–H and O–H groups in total. The first-order valence-electron chi connectivity index (χ1n) is 9.77. The van der Waals surface area contributed by atoms with Gasteiger partial charge < -0.3 is 15.4 Å². The molecule has 0 saturated carbocycles. The van der Waals surface area contributed by atoms with Crippen molar-refractivity contribution in [1.82, 2.24) is 4.98 Å². The lowest BCUT2D eigenvalue weighted by molar-refractivity contribution is -0.137. The van der Waals surface area contributed by atoms with Crippen LogP contribution >= 0.6 is 11.6 Å². The molecule has 0 atom stereocenters. The number of carbonyl (C=O) groups excluding carboxylic acids is 1. The van der Waals surface area contributed by atoms with E-state index >= 15 is 0 Å². The molecule has 0 bridgehead atoms. The van der Waals surface area contributed by atoms with E-state index in [9.17, 15) is 18.0 Å². The minimum atomic E-state index is -4.63. The van der Waals surface area contributed by atoms with Gasteiger partial charge in [-0.1, -0.05) is 23.7 Å². The van der Waals surface area contributed by atoms with Crippen LogP contribution in [0.4, 0.5) is 24.7 Å². The van der Waals surface area contributed by atoms with Crippen molar-refractivity contribution in [3.8, 4) is 11.5 Å². The lowest BCUT2D eigenvalue weighted by Crippen LogP contribution is -2.14. The van der Waals surface area contributed by atoms with Crippen LogP contribution in [0.1, 0.15) is 15.9 Å². The number of rotatable bonds is 5. The highest BCUT2D eigenvalue weighted by Gasteiger charge is 2.33. The van der Waals surface area contributed by atoms with Gasteiger partial charge in [0.1, 0.15) is 17.3 Å². The van der Waals surface area contributed by atoms with Crippen LogP contribution in [0.25, 0.3) is 10.8 Å². The fraction of sp³-hybridized carbons (Fsp3) is 0.0833. The maximum absolute atomic E-state index is 13.1. The van der Waals surface area contributed by atoms with Crippen molar-refractivity contribution in [2.45, 2.75) is 6.18 Å². The fourth-order valence-corrected chi connectivity index (χ4v) is 3.51. The highest BCUT2D eigenvalue weighted by atomic mass is 35.5. The van der Waals surface area contributed by atoms with Crippen LogP contribution < -0.4 is 15.4 Å². The summed E-state index contributed by atoms with van der Waals surface area (Å²) in [5, 5.41) is 6.37. The third kappa shape index (κ3) is 5.01. The third-order valence-electron chi connectivity index (χ3n) is 4.85. The molecule has 0 unspecified atom stereocenters. The van der Waals surface area contributed by atoms with Crippen LogP contribution in [0, 0.1) is 0 Å². The zero-order chi connectivity index (χ0) is 23.6. The number of fused-ring (bicyclic) bond motifs is 1. The topological polar surface area (TPSA) is 63.2 Å². The second kappa shape index (κ2) is 8.99. The maximum Gasteiger partial charge on any atom is 0.417 e. The van der Waals surface area contributed by atoms with Gasteiger partial charge in [0.2, 0.25) is 0 Å². The van der Waals surface area contributed by atoms with E-state index in [1.165, 1.54) is 6.07 Å². The smallest absolute Gasteiger partial charge is 0.417 e. The molecule has 4 aromatic rings. The summed E-state index contributed by atoms with van der Waals surface area (Å²) in [4.78, 5) is 17.0. The Balaban J connectivity index is 1.60. The minimum absolute atomic E-state index is 0.00768. The molecule has 1 amide bonds. The van der Waals surface area contributed by atoms with Gasteiger partial charge in [0, 0.05) is 30.6 Å². The minimum Gasteiger partial charge on any atom is -0.457 e. The maximum atomic E-state index is 13.1. The molecule has 0 aliphatic heterocycles. The number of pyridine rings is 1. The summed E-state index contributed by atoms with van der Waals surface area (Å²) in [6, 6.07) is 17.0. The number of alkyl halides is 3. The van der Waals surface area contributed by atoms with Crippen molar-refractivity contribution >= 4 is 39.8 Å². The predicted molar refractivity (Wildman–Crippen MR) is 122 cm³/mol. The normalized spacial score (nSPS) is 11.3. The van der Waals surface area contributed by atoms with Crippen molar-refractivity contribution in [2.24, 2.45) is 0 Å². The number of amides is 1. The largest absolute Gasteiger partial charge is 0.457 e. The summed E-state index contributed by atoms with van der Waals surface area (Å²) in [5.74, 6) is 1.26. The van der Waals surface area contributed by atoms with Crippen molar-refractivity contribution in [1.29, 1.82) is 0 Å². The Bertz CT molecular complexity index is 1340. The Morgan fingerprint density at radius 3 is 2.55 bits per heavy atom. The van der Waals surface area contributed by atoms with E-state index in [-0.39, 0.29) is 5.69 Å². The van der Waals surface area contributed by atoms with Crippen LogP contribution in [-0.2, 0) is 6.18 Å². The lowest BCUT2D eigenvalue weighted by Gasteiger charge is -2.13. The second-order valence-corrected chi connectivity index (χ2v) is 7.47. The average Bonchev–Trinajstić information content (AvgIpc) is 2.79.